The van der Waals surface area contributed by atoms with Gasteiger partial charge in [-0.3, -0.25) is 14.9 Å². The third-order valence-corrected chi connectivity index (χ3v) is 5.96. The summed E-state index contributed by atoms with van der Waals surface area (Å²) in [4.78, 5) is 48.4. The average molecular weight is 436 g/mol. The first-order valence-electron chi connectivity index (χ1n) is 10.0. The van der Waals surface area contributed by atoms with Crippen molar-refractivity contribution in [3.8, 4) is 5.69 Å². The van der Waals surface area contributed by atoms with E-state index in [9.17, 15) is 24.5 Å². The molecule has 0 aliphatic heterocycles. The number of Topliss-reactive ketones (excluding diaryl/α,β-unsaturated/α-hetero) is 1. The number of hydrogen-bond donors (Lipinski definition) is 0. The Kier molecular flexibility index (Phi) is 5.25. The molecule has 0 fully saturated rings. The molecule has 32 heavy (non-hydrogen) atoms. The van der Waals surface area contributed by atoms with E-state index in [2.05, 4.69) is 0 Å². The number of fused-ring (bicyclic) bond motifs is 1. The molecule has 0 saturated heterocycles. The van der Waals surface area contributed by atoms with Gasteiger partial charge in [0.1, 0.15) is 5.76 Å². The standard InChI is InChI=1S/C23H20N2O7/c1-14-20-19(24(22(28)31-20)17-6-4-3-5-7-17)12-13-23(14,15(2)26)32-21(27)16-8-10-18(11-9-16)25(29)30/h3-11,14H,12-13H2,1-2H3/t14-,23+/m1/s1. The van der Waals surface area contributed by atoms with E-state index >= 15 is 0 Å². The highest BCUT2D eigenvalue weighted by Gasteiger charge is 2.51. The van der Waals surface area contributed by atoms with Gasteiger partial charge in [0.2, 0.25) is 0 Å². The average Bonchev–Trinajstić information content (AvgIpc) is 3.12. The number of nitro benzene ring substituents is 1. The number of ketones is 1. The van der Waals surface area contributed by atoms with Crippen molar-refractivity contribution in [2.45, 2.75) is 38.2 Å². The van der Waals surface area contributed by atoms with E-state index in [1.807, 2.05) is 6.07 Å². The topological polar surface area (TPSA) is 122 Å². The molecule has 0 unspecified atom stereocenters. The largest absolute Gasteiger partial charge is 0.447 e. The Morgan fingerprint density at radius 3 is 2.41 bits per heavy atom. The molecular formula is C23H20N2O7. The number of nitro groups is 1. The monoisotopic (exact) mass is 436 g/mol. The van der Waals surface area contributed by atoms with E-state index in [0.717, 1.165) is 0 Å². The second kappa shape index (κ2) is 7.92. The number of esters is 1. The summed E-state index contributed by atoms with van der Waals surface area (Å²) in [6, 6.07) is 13.9. The summed E-state index contributed by atoms with van der Waals surface area (Å²) in [6.45, 7) is 3.01. The predicted octanol–water partition coefficient (Wildman–Crippen LogP) is 3.57. The quantitative estimate of drug-likeness (QED) is 0.340. The smallest absolute Gasteiger partial charge is 0.424 e. The minimum absolute atomic E-state index is 0.0810. The van der Waals surface area contributed by atoms with Crippen LogP contribution in [0, 0.1) is 10.1 Å². The zero-order chi connectivity index (χ0) is 23.0. The molecule has 1 aromatic heterocycles. The molecule has 3 aromatic rings. The van der Waals surface area contributed by atoms with E-state index in [4.69, 9.17) is 9.15 Å². The van der Waals surface area contributed by atoms with Crippen LogP contribution in [0.4, 0.5) is 5.69 Å². The van der Waals surface area contributed by atoms with Crippen LogP contribution in [0.5, 0.6) is 0 Å². The number of carbonyl (C=O) groups is 2. The summed E-state index contributed by atoms with van der Waals surface area (Å²) in [5.74, 6) is -2.13. The Labute approximate surface area is 182 Å². The summed E-state index contributed by atoms with van der Waals surface area (Å²) < 4.78 is 12.7. The van der Waals surface area contributed by atoms with Gasteiger partial charge in [-0.05, 0) is 37.6 Å². The van der Waals surface area contributed by atoms with Gasteiger partial charge in [-0.1, -0.05) is 25.1 Å². The first-order valence-corrected chi connectivity index (χ1v) is 10.0. The molecule has 1 heterocycles. The van der Waals surface area contributed by atoms with E-state index < -0.39 is 28.2 Å². The van der Waals surface area contributed by atoms with Gasteiger partial charge in [0.25, 0.3) is 5.69 Å². The summed E-state index contributed by atoms with van der Waals surface area (Å²) >= 11 is 0. The summed E-state index contributed by atoms with van der Waals surface area (Å²) in [5.41, 5.74) is -0.324. The lowest BCUT2D eigenvalue weighted by atomic mass is 9.74. The molecule has 0 spiro atoms. The molecule has 0 N–H and O–H groups in total. The van der Waals surface area contributed by atoms with Gasteiger partial charge in [0.15, 0.2) is 11.4 Å². The Morgan fingerprint density at radius 1 is 1.16 bits per heavy atom. The number of hydrogen-bond acceptors (Lipinski definition) is 7. The van der Waals surface area contributed by atoms with E-state index in [1.165, 1.54) is 35.8 Å². The molecule has 2 atom stereocenters. The molecule has 0 radical (unpaired) electrons. The van der Waals surface area contributed by atoms with Crippen LogP contribution in [-0.2, 0) is 16.0 Å². The summed E-state index contributed by atoms with van der Waals surface area (Å²) in [6.07, 6.45) is 0.453. The molecule has 2 aromatic carbocycles. The predicted molar refractivity (Wildman–Crippen MR) is 113 cm³/mol. The maximum absolute atomic E-state index is 12.8. The SMILES string of the molecule is CC(=O)[C@]1(OC(=O)c2ccc([N+](=O)[O-])cc2)CCc2c(oc(=O)n2-c2ccccc2)[C@H]1C. The fourth-order valence-electron chi connectivity index (χ4n) is 4.20. The summed E-state index contributed by atoms with van der Waals surface area (Å²) in [7, 11) is 0. The zero-order valence-corrected chi connectivity index (χ0v) is 17.4. The number of oxazole rings is 1. The van der Waals surface area contributed by atoms with Gasteiger partial charge in [0, 0.05) is 18.6 Å². The Morgan fingerprint density at radius 2 is 1.81 bits per heavy atom. The van der Waals surface area contributed by atoms with Crippen molar-refractivity contribution in [3.05, 3.63) is 92.3 Å². The fourth-order valence-corrected chi connectivity index (χ4v) is 4.20. The van der Waals surface area contributed by atoms with E-state index in [-0.39, 0.29) is 29.9 Å². The first-order chi connectivity index (χ1) is 15.2. The number of carbonyl (C=O) groups excluding carboxylic acids is 2. The maximum atomic E-state index is 12.8. The van der Waals surface area contributed by atoms with Gasteiger partial charge in [-0.25, -0.2) is 14.2 Å². The van der Waals surface area contributed by atoms with Crippen molar-refractivity contribution in [3.63, 3.8) is 0 Å². The number of aromatic nitrogens is 1. The molecule has 0 amide bonds. The van der Waals surface area contributed by atoms with Crippen molar-refractivity contribution in [1.29, 1.82) is 0 Å². The number of nitrogens with zero attached hydrogens (tertiary/aromatic N) is 2. The van der Waals surface area contributed by atoms with Crippen LogP contribution in [0.1, 0.15) is 48.0 Å². The number of rotatable bonds is 5. The maximum Gasteiger partial charge on any atom is 0.424 e. The highest BCUT2D eigenvalue weighted by atomic mass is 16.6. The number of benzene rings is 2. The molecule has 1 aliphatic carbocycles. The highest BCUT2D eigenvalue weighted by Crippen LogP contribution is 2.43. The third-order valence-electron chi connectivity index (χ3n) is 5.96. The third kappa shape index (κ3) is 3.41. The van der Waals surface area contributed by atoms with Gasteiger partial charge in [-0.15, -0.1) is 0 Å². The number of para-hydroxylation sites is 1. The van der Waals surface area contributed by atoms with Crippen LogP contribution >= 0.6 is 0 Å². The van der Waals surface area contributed by atoms with E-state index in [0.29, 0.717) is 17.1 Å². The number of non-ortho nitro benzene ring substituents is 1. The highest BCUT2D eigenvalue weighted by molar-refractivity contribution is 5.95. The van der Waals surface area contributed by atoms with Crippen LogP contribution in [0.2, 0.25) is 0 Å². The van der Waals surface area contributed by atoms with Crippen molar-refractivity contribution in [2.75, 3.05) is 0 Å². The lowest BCUT2D eigenvalue weighted by Crippen LogP contribution is -2.49. The van der Waals surface area contributed by atoms with Gasteiger partial charge in [0.05, 0.1) is 27.8 Å². The molecule has 0 bridgehead atoms. The summed E-state index contributed by atoms with van der Waals surface area (Å²) in [5, 5.41) is 10.8. The molecule has 1 aliphatic rings. The second-order valence-electron chi connectivity index (χ2n) is 7.71. The molecule has 164 valence electrons. The Balaban J connectivity index is 1.69. The van der Waals surface area contributed by atoms with Crippen molar-refractivity contribution < 1.29 is 23.7 Å². The fraction of sp³-hybridized carbons (Fsp3) is 0.261. The Hall–Kier alpha value is -4.01. The van der Waals surface area contributed by atoms with Crippen LogP contribution in [0.25, 0.3) is 5.69 Å². The van der Waals surface area contributed by atoms with Crippen LogP contribution in [-0.4, -0.2) is 26.8 Å². The van der Waals surface area contributed by atoms with Crippen molar-refractivity contribution in [1.82, 2.24) is 4.57 Å². The second-order valence-corrected chi connectivity index (χ2v) is 7.71. The lowest BCUT2D eigenvalue weighted by Gasteiger charge is -2.38. The van der Waals surface area contributed by atoms with Crippen LogP contribution in [0.15, 0.2) is 63.8 Å². The number of ether oxygens (including phenoxy) is 1. The molecular weight excluding hydrogens is 416 g/mol. The molecule has 9 nitrogen and oxygen atoms in total. The minimum Gasteiger partial charge on any atom is -0.447 e. The van der Waals surface area contributed by atoms with Crippen LogP contribution in [0.3, 0.4) is 0 Å². The zero-order valence-electron chi connectivity index (χ0n) is 17.4. The van der Waals surface area contributed by atoms with Crippen LogP contribution < -0.4 is 5.76 Å². The lowest BCUT2D eigenvalue weighted by molar-refractivity contribution is -0.384. The molecule has 0 saturated carbocycles. The first kappa shape index (κ1) is 21.2. The normalized spacial score (nSPS) is 19.8. The Bertz CT molecular complexity index is 1260. The van der Waals surface area contributed by atoms with Crippen molar-refractivity contribution >= 4 is 17.4 Å². The molecule has 9 heteroatoms. The van der Waals surface area contributed by atoms with Crippen molar-refractivity contribution in [2.24, 2.45) is 0 Å². The van der Waals surface area contributed by atoms with Gasteiger partial charge in [-0.2, -0.15) is 0 Å². The van der Waals surface area contributed by atoms with Gasteiger partial charge < -0.3 is 9.15 Å². The minimum atomic E-state index is -1.52. The molecule has 4 rings (SSSR count). The van der Waals surface area contributed by atoms with Gasteiger partial charge >= 0.3 is 11.7 Å². The van der Waals surface area contributed by atoms with E-state index in [1.54, 1.807) is 31.2 Å².